The number of hydrogen-bond donors (Lipinski definition) is 3. The third-order valence-electron chi connectivity index (χ3n) is 9.11. The molecule has 0 aromatic rings. The number of rotatable bonds is 40. The molecule has 0 rings (SSSR count). The highest BCUT2D eigenvalue weighted by molar-refractivity contribution is 7.47. The van der Waals surface area contributed by atoms with Gasteiger partial charge in [-0.3, -0.25) is 18.6 Å². The number of phosphoric ester groups is 1. The second-order valence-electron chi connectivity index (χ2n) is 14.3. The molecule has 0 fully saturated rings. The maximum absolute atomic E-state index is 12.5. The molecule has 4 N–H and O–H groups in total. The molecular weight excluding hydrogens is 709 g/mol. The Kier molecular flexibility index (Phi) is 36.0. The predicted molar refractivity (Wildman–Crippen MR) is 217 cm³/mol. The first kappa shape index (κ1) is 51.7. The van der Waals surface area contributed by atoms with Gasteiger partial charge in [-0.05, 0) is 32.1 Å². The first-order chi connectivity index (χ1) is 26.1. The molecule has 12 heteroatoms. The molecule has 0 aromatic carbocycles. The van der Waals surface area contributed by atoms with Gasteiger partial charge in [0, 0.05) is 12.5 Å². The normalized spacial score (nSPS) is 13.9. The minimum absolute atomic E-state index is 0.201. The molecule has 0 aliphatic rings. The summed E-state index contributed by atoms with van der Waals surface area (Å²) in [7, 11) is -4.74. The van der Waals surface area contributed by atoms with Gasteiger partial charge in [0.25, 0.3) is 0 Å². The molecule has 0 saturated heterocycles. The van der Waals surface area contributed by atoms with Crippen molar-refractivity contribution in [1.29, 1.82) is 0 Å². The topological polar surface area (TPSA) is 172 Å². The fourth-order valence-corrected chi connectivity index (χ4v) is 6.55. The summed E-state index contributed by atoms with van der Waals surface area (Å²) in [5.41, 5.74) is 5.32. The summed E-state index contributed by atoms with van der Waals surface area (Å²) in [6, 6.07) is -1.53. The van der Waals surface area contributed by atoms with Gasteiger partial charge in [0.05, 0.1) is 13.2 Å². The van der Waals surface area contributed by atoms with Crippen LogP contribution in [0.1, 0.15) is 180 Å². The molecule has 0 saturated carbocycles. The quantitative estimate of drug-likeness (QED) is 0.0135. The van der Waals surface area contributed by atoms with E-state index in [2.05, 4.69) is 18.0 Å². The minimum atomic E-state index is -4.74. The van der Waals surface area contributed by atoms with Crippen molar-refractivity contribution in [3.63, 3.8) is 0 Å². The summed E-state index contributed by atoms with van der Waals surface area (Å²) in [5.74, 6) is -2.64. The second-order valence-corrected chi connectivity index (χ2v) is 15.7. The summed E-state index contributed by atoms with van der Waals surface area (Å²) in [5, 5.41) is 8.87. The van der Waals surface area contributed by atoms with Crippen LogP contribution in [-0.4, -0.2) is 59.9 Å². The molecule has 0 heterocycles. The summed E-state index contributed by atoms with van der Waals surface area (Å²) < 4.78 is 32.4. The molecule has 11 nitrogen and oxygen atoms in total. The fraction of sp³-hybridized carbons (Fsp3) is 0.786. The van der Waals surface area contributed by atoms with Crippen molar-refractivity contribution in [2.24, 2.45) is 5.73 Å². The second kappa shape index (κ2) is 37.6. The number of ether oxygens (including phenoxy) is 2. The van der Waals surface area contributed by atoms with Crippen molar-refractivity contribution in [2.45, 2.75) is 192 Å². The van der Waals surface area contributed by atoms with E-state index >= 15 is 0 Å². The van der Waals surface area contributed by atoms with Crippen molar-refractivity contribution < 1.29 is 47.5 Å². The molecule has 0 aliphatic heterocycles. The Labute approximate surface area is 327 Å². The van der Waals surface area contributed by atoms with E-state index in [1.807, 2.05) is 12.2 Å². The van der Waals surface area contributed by atoms with Gasteiger partial charge < -0.3 is 25.2 Å². The van der Waals surface area contributed by atoms with Crippen LogP contribution < -0.4 is 5.73 Å². The van der Waals surface area contributed by atoms with Crippen LogP contribution in [0.2, 0.25) is 0 Å². The first-order valence-electron chi connectivity index (χ1n) is 21.0. The number of carboxylic acids is 1. The Bertz CT molecular complexity index is 1050. The van der Waals surface area contributed by atoms with Crippen molar-refractivity contribution in [3.8, 4) is 0 Å². The molecule has 1 unspecified atom stereocenters. The van der Waals surface area contributed by atoms with Gasteiger partial charge in [-0.25, -0.2) is 9.36 Å². The lowest BCUT2D eigenvalue weighted by atomic mass is 10.0. The molecule has 0 aromatic heterocycles. The van der Waals surface area contributed by atoms with E-state index in [9.17, 15) is 23.8 Å². The Hall–Kier alpha value is -2.30. The number of carbonyl (C=O) groups is 3. The van der Waals surface area contributed by atoms with Crippen molar-refractivity contribution in [1.82, 2.24) is 0 Å². The standard InChI is InChI=1S/C42H76NO10P/c1-3-5-7-9-11-13-15-17-19-21-23-25-27-29-31-33-40(44)50-35-38(36-51-54(48,49)52-37-39(43)42(46)47)53-41(45)34-32-30-28-26-24-22-20-18-16-14-12-10-8-6-4-2/h3,28,30,32,34,38-39H,1,4-27,29,31,33,35-37,43H2,2H3,(H,46,47)(H,48,49)/b30-28+,34-32+/t38-,39+/m1/s1. The highest BCUT2D eigenvalue weighted by Crippen LogP contribution is 2.43. The van der Waals surface area contributed by atoms with Crippen LogP contribution in [0, 0.1) is 0 Å². The maximum Gasteiger partial charge on any atom is 0.472 e. The number of hydrogen-bond acceptors (Lipinski definition) is 9. The average Bonchev–Trinajstić information content (AvgIpc) is 3.14. The summed E-state index contributed by atoms with van der Waals surface area (Å²) >= 11 is 0. The number of aliphatic carboxylic acids is 1. The number of nitrogens with two attached hydrogens (primary N) is 1. The van der Waals surface area contributed by atoms with Gasteiger partial charge in [0.2, 0.25) is 0 Å². The van der Waals surface area contributed by atoms with E-state index in [0.717, 1.165) is 38.5 Å². The van der Waals surface area contributed by atoms with Crippen molar-refractivity contribution in [2.75, 3.05) is 19.8 Å². The lowest BCUT2D eigenvalue weighted by molar-refractivity contribution is -0.157. The zero-order valence-electron chi connectivity index (χ0n) is 33.6. The van der Waals surface area contributed by atoms with Gasteiger partial charge in [0.15, 0.2) is 6.10 Å². The Morgan fingerprint density at radius 2 is 1.13 bits per heavy atom. The van der Waals surface area contributed by atoms with Gasteiger partial charge in [0.1, 0.15) is 12.6 Å². The molecule has 0 amide bonds. The van der Waals surface area contributed by atoms with E-state index in [1.54, 1.807) is 12.2 Å². The number of esters is 2. The number of allylic oxidation sites excluding steroid dienone is 4. The van der Waals surface area contributed by atoms with E-state index < -0.39 is 57.7 Å². The van der Waals surface area contributed by atoms with Crippen LogP contribution in [0.3, 0.4) is 0 Å². The molecule has 3 atom stereocenters. The Morgan fingerprint density at radius 1 is 0.667 bits per heavy atom. The summed E-state index contributed by atoms with van der Waals surface area (Å²) in [6.45, 7) is 4.21. The number of carboxylic acid groups (broad SMARTS) is 1. The van der Waals surface area contributed by atoms with Crippen LogP contribution in [-0.2, 0) is 37.5 Å². The van der Waals surface area contributed by atoms with Crippen LogP contribution in [0.4, 0.5) is 0 Å². The zero-order chi connectivity index (χ0) is 40.0. The average molecular weight is 786 g/mol. The maximum atomic E-state index is 12.5. The lowest BCUT2D eigenvalue weighted by Gasteiger charge is -2.19. The van der Waals surface area contributed by atoms with Gasteiger partial charge in [-0.2, -0.15) is 0 Å². The first-order valence-corrected chi connectivity index (χ1v) is 22.5. The Balaban J connectivity index is 4.46. The highest BCUT2D eigenvalue weighted by atomic mass is 31.2. The van der Waals surface area contributed by atoms with Gasteiger partial charge in [-0.1, -0.05) is 166 Å². The number of carbonyl (C=O) groups excluding carboxylic acids is 2. The van der Waals surface area contributed by atoms with Gasteiger partial charge >= 0.3 is 25.7 Å². The fourth-order valence-electron chi connectivity index (χ4n) is 5.78. The zero-order valence-corrected chi connectivity index (χ0v) is 34.5. The third kappa shape index (κ3) is 36.7. The number of phosphoric acid groups is 1. The number of unbranched alkanes of at least 4 members (excludes halogenated alkanes) is 24. The Morgan fingerprint density at radius 3 is 1.63 bits per heavy atom. The van der Waals surface area contributed by atoms with Crippen molar-refractivity contribution in [3.05, 3.63) is 37.0 Å². The molecule has 54 heavy (non-hydrogen) atoms. The summed E-state index contributed by atoms with van der Waals surface area (Å²) in [6.07, 6.45) is 38.8. The molecule has 0 radical (unpaired) electrons. The van der Waals surface area contributed by atoms with E-state index in [-0.39, 0.29) is 6.42 Å². The highest BCUT2D eigenvalue weighted by Gasteiger charge is 2.27. The molecule has 314 valence electrons. The smallest absolute Gasteiger partial charge is 0.472 e. The van der Waals surface area contributed by atoms with Gasteiger partial charge in [-0.15, -0.1) is 6.58 Å². The molecule has 0 spiro atoms. The molecular formula is C42H76NO10P. The largest absolute Gasteiger partial charge is 0.480 e. The van der Waals surface area contributed by atoms with Crippen LogP contribution in [0.25, 0.3) is 0 Å². The minimum Gasteiger partial charge on any atom is -0.480 e. The molecule has 0 aliphatic carbocycles. The summed E-state index contributed by atoms with van der Waals surface area (Å²) in [4.78, 5) is 45.7. The molecule has 0 bridgehead atoms. The van der Waals surface area contributed by atoms with E-state index in [4.69, 9.17) is 24.8 Å². The van der Waals surface area contributed by atoms with E-state index in [1.165, 1.54) is 128 Å². The lowest BCUT2D eigenvalue weighted by Crippen LogP contribution is -2.34. The van der Waals surface area contributed by atoms with Crippen LogP contribution >= 0.6 is 7.82 Å². The van der Waals surface area contributed by atoms with Crippen LogP contribution in [0.15, 0.2) is 37.0 Å². The SMILES string of the molecule is C=CCCCCCCCCCCCCCCCC(=O)OC[C@H](COP(=O)(O)OC[C@H](N)C(=O)O)OC(=O)/C=C/C=C/CCCCCCCCCCCCC. The van der Waals surface area contributed by atoms with Crippen molar-refractivity contribution >= 4 is 25.7 Å². The monoisotopic (exact) mass is 786 g/mol. The van der Waals surface area contributed by atoms with Crippen LogP contribution in [0.5, 0.6) is 0 Å². The predicted octanol–water partition coefficient (Wildman–Crippen LogP) is 10.8. The van der Waals surface area contributed by atoms with E-state index in [0.29, 0.717) is 6.42 Å². The third-order valence-corrected chi connectivity index (χ3v) is 10.1.